The lowest BCUT2D eigenvalue weighted by atomic mass is 10.0. The molecule has 6 nitrogen and oxygen atoms in total. The maximum absolute atomic E-state index is 12.0. The van der Waals surface area contributed by atoms with E-state index in [1.165, 1.54) is 13.2 Å². The molecule has 1 fully saturated rings. The Morgan fingerprint density at radius 1 is 1.29 bits per heavy atom. The largest absolute Gasteiger partial charge is 0.466 e. The molecule has 1 aliphatic heterocycles. The van der Waals surface area contributed by atoms with Gasteiger partial charge in [0.15, 0.2) is 12.2 Å². The second-order valence-electron chi connectivity index (χ2n) is 5.94. The number of aliphatic hydroxyl groups excluding tert-OH is 1. The van der Waals surface area contributed by atoms with E-state index in [2.05, 4.69) is 4.74 Å². The van der Waals surface area contributed by atoms with E-state index >= 15 is 0 Å². The van der Waals surface area contributed by atoms with Crippen LogP contribution < -0.4 is 0 Å². The summed E-state index contributed by atoms with van der Waals surface area (Å²) in [5.41, 5.74) is -0.559. The second-order valence-corrected chi connectivity index (χ2v) is 5.94. The zero-order valence-electron chi connectivity index (χ0n) is 14.6. The van der Waals surface area contributed by atoms with Crippen LogP contribution in [0.5, 0.6) is 0 Å². The van der Waals surface area contributed by atoms with Gasteiger partial charge in [-0.15, -0.1) is 0 Å². The first-order valence-electron chi connectivity index (χ1n) is 7.96. The third-order valence-electron chi connectivity index (χ3n) is 3.92. The van der Waals surface area contributed by atoms with Crippen LogP contribution in [0.4, 0.5) is 0 Å². The molecule has 0 bridgehead atoms. The highest BCUT2D eigenvalue weighted by atomic mass is 16.6. The molecule has 0 saturated carbocycles. The van der Waals surface area contributed by atoms with Gasteiger partial charge in [0.2, 0.25) is 0 Å². The van der Waals surface area contributed by atoms with Gasteiger partial charge in [-0.3, -0.25) is 0 Å². The highest BCUT2D eigenvalue weighted by Gasteiger charge is 2.48. The molecule has 0 spiro atoms. The Bertz CT molecular complexity index is 516. The molecule has 0 amide bonds. The Labute approximate surface area is 142 Å². The van der Waals surface area contributed by atoms with Gasteiger partial charge in [-0.2, -0.15) is 0 Å². The first-order chi connectivity index (χ1) is 11.3. The van der Waals surface area contributed by atoms with Crippen molar-refractivity contribution in [1.82, 2.24) is 0 Å². The third-order valence-corrected chi connectivity index (χ3v) is 3.92. The summed E-state index contributed by atoms with van der Waals surface area (Å²) < 4.78 is 15.2. The van der Waals surface area contributed by atoms with Crippen molar-refractivity contribution >= 4 is 11.9 Å². The Hall–Kier alpha value is -1.92. The zero-order chi connectivity index (χ0) is 18.2. The van der Waals surface area contributed by atoms with E-state index < -0.39 is 29.7 Å². The van der Waals surface area contributed by atoms with Crippen LogP contribution in [0.15, 0.2) is 36.5 Å². The van der Waals surface area contributed by atoms with Crippen LogP contribution >= 0.6 is 0 Å². The summed E-state index contributed by atoms with van der Waals surface area (Å²) in [6.07, 6.45) is 8.51. The Morgan fingerprint density at radius 2 is 1.92 bits per heavy atom. The summed E-state index contributed by atoms with van der Waals surface area (Å²) in [6, 6.07) is 0. The topological polar surface area (TPSA) is 85.4 Å². The molecule has 4 atom stereocenters. The summed E-state index contributed by atoms with van der Waals surface area (Å²) in [6.45, 7) is 6.02. The van der Waals surface area contributed by atoms with Crippen molar-refractivity contribution in [1.29, 1.82) is 0 Å². The molecule has 1 rings (SSSR count). The van der Waals surface area contributed by atoms with Crippen LogP contribution in [0.3, 0.4) is 0 Å². The zero-order valence-corrected chi connectivity index (χ0v) is 14.6. The lowest BCUT2D eigenvalue weighted by Crippen LogP contribution is -2.37. The van der Waals surface area contributed by atoms with E-state index in [1.54, 1.807) is 37.3 Å². The maximum Gasteiger partial charge on any atom is 0.335 e. The molecule has 1 heterocycles. The minimum Gasteiger partial charge on any atom is -0.466 e. The van der Waals surface area contributed by atoms with E-state index in [0.717, 1.165) is 0 Å². The number of hydrogen-bond donors (Lipinski definition) is 1. The number of aliphatic hydroxyl groups is 1. The quantitative estimate of drug-likeness (QED) is 0.299. The number of rotatable bonds is 9. The number of esters is 2. The molecular formula is C18H26O6. The van der Waals surface area contributed by atoms with E-state index in [1.807, 2.05) is 13.8 Å². The van der Waals surface area contributed by atoms with Gasteiger partial charge in [-0.05, 0) is 18.9 Å². The van der Waals surface area contributed by atoms with Crippen LogP contribution in [0.25, 0.3) is 0 Å². The maximum atomic E-state index is 12.0. The van der Waals surface area contributed by atoms with E-state index in [-0.39, 0.29) is 5.92 Å². The average molecular weight is 338 g/mol. The predicted molar refractivity (Wildman–Crippen MR) is 89.1 cm³/mol. The van der Waals surface area contributed by atoms with Gasteiger partial charge in [0.25, 0.3) is 0 Å². The monoisotopic (exact) mass is 338 g/mol. The standard InChI is InChI=1S/C18H26O6/c1-5-13(2)16(20)17(21)24-14(18(3)12-23-18)10-8-6-7-9-11-15(19)22-4/h6-11,13-14,16,20H,5,12H2,1-4H3/b7-6+,10-8+,11-9+/t13-,14+,16+,18-/m0/s1. The number of epoxide rings is 1. The van der Waals surface area contributed by atoms with Gasteiger partial charge in [-0.25, -0.2) is 9.59 Å². The van der Waals surface area contributed by atoms with Crippen LogP contribution in [0.1, 0.15) is 27.2 Å². The minimum atomic E-state index is -1.15. The SMILES string of the molecule is CC[C@H](C)[C@@H](O)C(=O)O[C@H](/C=C/C=C/C=C/C(=O)OC)[C@]1(C)CO1. The van der Waals surface area contributed by atoms with Crippen molar-refractivity contribution in [2.24, 2.45) is 5.92 Å². The summed E-state index contributed by atoms with van der Waals surface area (Å²) in [5.74, 6) is -1.25. The fourth-order valence-electron chi connectivity index (χ4n) is 1.79. The van der Waals surface area contributed by atoms with Crippen molar-refractivity contribution in [3.8, 4) is 0 Å². The Morgan fingerprint density at radius 3 is 2.46 bits per heavy atom. The number of carbonyl (C=O) groups excluding carboxylic acids is 2. The summed E-state index contributed by atoms with van der Waals surface area (Å²) in [7, 11) is 1.30. The summed E-state index contributed by atoms with van der Waals surface area (Å²) in [4.78, 5) is 22.9. The van der Waals surface area contributed by atoms with Crippen LogP contribution in [-0.4, -0.2) is 48.6 Å². The van der Waals surface area contributed by atoms with Crippen LogP contribution in [0, 0.1) is 5.92 Å². The van der Waals surface area contributed by atoms with Crippen molar-refractivity contribution in [2.45, 2.75) is 45.0 Å². The molecule has 0 aromatic heterocycles. The summed E-state index contributed by atoms with van der Waals surface area (Å²) >= 11 is 0. The van der Waals surface area contributed by atoms with Crippen molar-refractivity contribution < 1.29 is 28.9 Å². The van der Waals surface area contributed by atoms with Crippen molar-refractivity contribution in [2.75, 3.05) is 13.7 Å². The first kappa shape index (κ1) is 20.1. The summed E-state index contributed by atoms with van der Waals surface area (Å²) in [5, 5.41) is 9.93. The Balaban J connectivity index is 2.62. The van der Waals surface area contributed by atoms with Crippen molar-refractivity contribution in [3.05, 3.63) is 36.5 Å². The van der Waals surface area contributed by atoms with Crippen LogP contribution in [0.2, 0.25) is 0 Å². The Kier molecular flexibility index (Phi) is 7.88. The highest BCUT2D eigenvalue weighted by Crippen LogP contribution is 2.33. The van der Waals surface area contributed by atoms with Gasteiger partial charge in [0.05, 0.1) is 13.7 Å². The fraction of sp³-hybridized carbons (Fsp3) is 0.556. The van der Waals surface area contributed by atoms with Crippen molar-refractivity contribution in [3.63, 3.8) is 0 Å². The first-order valence-corrected chi connectivity index (χ1v) is 7.96. The molecule has 0 aliphatic carbocycles. The molecule has 1 aliphatic rings. The van der Waals surface area contributed by atoms with Gasteiger partial charge < -0.3 is 19.3 Å². The van der Waals surface area contributed by atoms with E-state index in [4.69, 9.17) is 9.47 Å². The lowest BCUT2D eigenvalue weighted by molar-refractivity contribution is -0.162. The smallest absolute Gasteiger partial charge is 0.335 e. The third kappa shape index (κ3) is 6.29. The second kappa shape index (κ2) is 9.39. The van der Waals surface area contributed by atoms with E-state index in [9.17, 15) is 14.7 Å². The molecule has 1 N–H and O–H groups in total. The number of ether oxygens (including phenoxy) is 3. The molecule has 0 aromatic carbocycles. The molecule has 0 radical (unpaired) electrons. The predicted octanol–water partition coefficient (Wildman–Crippen LogP) is 1.94. The number of allylic oxidation sites excluding steroid dienone is 4. The van der Waals surface area contributed by atoms with Gasteiger partial charge in [0.1, 0.15) is 5.60 Å². The molecule has 1 saturated heterocycles. The molecule has 134 valence electrons. The van der Waals surface area contributed by atoms with Gasteiger partial charge >= 0.3 is 11.9 Å². The molecule has 24 heavy (non-hydrogen) atoms. The average Bonchev–Trinajstić information content (AvgIpc) is 3.33. The van der Waals surface area contributed by atoms with Gasteiger partial charge in [-0.1, -0.05) is 44.6 Å². The molecule has 6 heteroatoms. The number of carbonyl (C=O) groups is 2. The number of hydrogen-bond acceptors (Lipinski definition) is 6. The highest BCUT2D eigenvalue weighted by molar-refractivity contribution is 5.82. The number of methoxy groups -OCH3 is 1. The molecule has 0 unspecified atom stereocenters. The van der Waals surface area contributed by atoms with E-state index in [0.29, 0.717) is 13.0 Å². The van der Waals surface area contributed by atoms with Crippen LogP contribution in [-0.2, 0) is 23.8 Å². The normalized spacial score (nSPS) is 24.2. The minimum absolute atomic E-state index is 0.168. The lowest BCUT2D eigenvalue weighted by Gasteiger charge is -2.22. The molecular weight excluding hydrogens is 312 g/mol. The molecule has 0 aromatic rings. The fourth-order valence-corrected chi connectivity index (χ4v) is 1.79. The van der Waals surface area contributed by atoms with Gasteiger partial charge in [0, 0.05) is 6.08 Å².